The van der Waals surface area contributed by atoms with Crippen LogP contribution in [0.25, 0.3) is 10.8 Å². The van der Waals surface area contributed by atoms with Gasteiger partial charge in [-0.3, -0.25) is 4.79 Å². The molecular formula is C52H32BF24NO2. The van der Waals surface area contributed by atoms with E-state index >= 15 is 0 Å². The number of aromatic nitrogens is 1. The van der Waals surface area contributed by atoms with E-state index in [2.05, 4.69) is 6.07 Å². The van der Waals surface area contributed by atoms with Gasteiger partial charge in [-0.05, 0) is 73.8 Å². The Hall–Kier alpha value is -7.42. The van der Waals surface area contributed by atoms with Gasteiger partial charge < -0.3 is 4.74 Å². The third-order valence-corrected chi connectivity index (χ3v) is 12.1. The number of hydrogen-bond donors (Lipinski definition) is 0. The molecule has 0 aliphatic heterocycles. The number of hydrogen-bond acceptors (Lipinski definition) is 2. The Kier molecular flexibility index (Phi) is 16.7. The number of ketones is 1. The largest absolute Gasteiger partial charge is 0.491 e. The topological polar surface area (TPSA) is 30.2 Å². The maximum absolute atomic E-state index is 14.2. The van der Waals surface area contributed by atoms with Crippen molar-refractivity contribution in [1.82, 2.24) is 0 Å². The molecule has 0 spiro atoms. The molecule has 7 aromatic rings. The summed E-state index contributed by atoms with van der Waals surface area (Å²) in [6.45, 7) is 4.29. The van der Waals surface area contributed by atoms with E-state index in [0.29, 0.717) is 12.1 Å². The number of carbonyl (C=O) groups is 1. The zero-order valence-corrected chi connectivity index (χ0v) is 40.0. The summed E-state index contributed by atoms with van der Waals surface area (Å²) < 4.78 is 348. The molecule has 0 aliphatic rings. The van der Waals surface area contributed by atoms with Crippen LogP contribution in [0.4, 0.5) is 105 Å². The lowest BCUT2D eigenvalue weighted by Gasteiger charge is -2.46. The van der Waals surface area contributed by atoms with Gasteiger partial charge in [0.05, 0.1) is 50.6 Å². The number of carbonyl (C=O) groups excluding carboxylic acids is 1. The second-order valence-corrected chi connectivity index (χ2v) is 18.1. The summed E-state index contributed by atoms with van der Waals surface area (Å²) in [5.41, 5.74) is -29.5. The van der Waals surface area contributed by atoms with Crippen LogP contribution in [0.2, 0.25) is 0 Å². The highest BCUT2D eigenvalue weighted by molar-refractivity contribution is 7.20. The first-order valence-corrected chi connectivity index (χ1v) is 22.4. The van der Waals surface area contributed by atoms with Crippen LogP contribution in [0.3, 0.4) is 0 Å². The smallest absolute Gasteiger partial charge is 0.416 e. The van der Waals surface area contributed by atoms with Crippen LogP contribution in [0.1, 0.15) is 68.7 Å². The SMILES string of the molecule is CC(C)Oc1ccc(C(=O)C[n+]2ccc3ccccc3c2)cc1.FC(F)(F)c1cc([B-](c2cc(C(F)(F)F)cc(C(F)(F)F)c2)(c2cc(C(F)(F)F)cc(C(F)(F)F)c2)c2cc(C(F)(F)F)cc(C(F)(F)F)c2)cc(C(F)(F)F)c1. The molecule has 80 heavy (non-hydrogen) atoms. The lowest BCUT2D eigenvalue weighted by atomic mass is 9.12. The maximum atomic E-state index is 14.2. The van der Waals surface area contributed by atoms with E-state index < -0.39 is 195 Å². The van der Waals surface area contributed by atoms with Gasteiger partial charge in [0, 0.05) is 17.0 Å². The fourth-order valence-electron chi connectivity index (χ4n) is 8.60. The van der Waals surface area contributed by atoms with E-state index in [4.69, 9.17) is 4.74 Å². The fourth-order valence-corrected chi connectivity index (χ4v) is 8.60. The van der Waals surface area contributed by atoms with Crippen LogP contribution in [-0.4, -0.2) is 18.0 Å². The van der Waals surface area contributed by atoms with Crippen LogP contribution in [0, 0.1) is 0 Å². The summed E-state index contributed by atoms with van der Waals surface area (Å²) in [7, 11) is 0. The quantitative estimate of drug-likeness (QED) is 0.0624. The summed E-state index contributed by atoms with van der Waals surface area (Å²) in [5, 5.41) is 2.30. The van der Waals surface area contributed by atoms with Gasteiger partial charge in [0.2, 0.25) is 12.3 Å². The summed E-state index contributed by atoms with van der Waals surface area (Å²) >= 11 is 0. The van der Waals surface area contributed by atoms with E-state index in [0.717, 1.165) is 11.1 Å². The highest BCUT2D eigenvalue weighted by atomic mass is 19.4. The molecule has 1 aromatic heterocycles. The predicted molar refractivity (Wildman–Crippen MR) is 241 cm³/mol. The van der Waals surface area contributed by atoms with Gasteiger partial charge in [0.1, 0.15) is 11.9 Å². The van der Waals surface area contributed by atoms with E-state index in [1.54, 1.807) is 0 Å². The average Bonchev–Trinajstić information content (AvgIpc) is 3.32. The maximum Gasteiger partial charge on any atom is 0.416 e. The molecule has 0 bridgehead atoms. The van der Waals surface area contributed by atoms with Crippen LogP contribution in [-0.2, 0) is 56.0 Å². The van der Waals surface area contributed by atoms with Crippen molar-refractivity contribution in [1.29, 1.82) is 0 Å². The van der Waals surface area contributed by atoms with Gasteiger partial charge >= 0.3 is 49.4 Å². The summed E-state index contributed by atoms with van der Waals surface area (Å²) in [6, 6.07) is 8.68. The normalized spacial score (nSPS) is 13.3. The molecule has 0 aliphatic carbocycles. The standard InChI is InChI=1S/C32H12BF24.C20H20NO2/c34-25(35,36)13-1-14(26(37,38)39)6-21(5-13)33(22-7-15(27(40,41)42)2-16(8-22)28(43,44)45,23-9-17(29(46,47)48)3-18(10-23)30(49,50)51)24-11-19(31(52,53)54)4-20(12-24)32(55,56)57;1-15(2)23-19-9-7-17(8-10-19)20(22)14-21-12-11-16-5-3-4-6-18(16)13-21/h1-12H;3-13,15H,14H2,1-2H3/q-1;+1. The van der Waals surface area contributed by atoms with Gasteiger partial charge in [0.25, 0.3) is 0 Å². The van der Waals surface area contributed by atoms with Crippen molar-refractivity contribution >= 4 is 44.6 Å². The number of fused-ring (bicyclic) bond motifs is 1. The number of halogens is 24. The highest BCUT2D eigenvalue weighted by Gasteiger charge is 2.47. The van der Waals surface area contributed by atoms with Crippen LogP contribution in [0.15, 0.2) is 140 Å². The van der Waals surface area contributed by atoms with Gasteiger partial charge in [-0.25, -0.2) is 0 Å². The van der Waals surface area contributed by atoms with Crippen LogP contribution in [0.5, 0.6) is 5.75 Å². The van der Waals surface area contributed by atoms with Gasteiger partial charge in [-0.2, -0.15) is 132 Å². The molecule has 3 nitrogen and oxygen atoms in total. The Morgan fingerprint density at radius 2 is 0.675 bits per heavy atom. The molecule has 0 saturated carbocycles. The molecule has 1 heterocycles. The minimum Gasteiger partial charge on any atom is -0.491 e. The highest BCUT2D eigenvalue weighted by Crippen LogP contribution is 2.41. The predicted octanol–water partition coefficient (Wildman–Crippen LogP) is 15.0. The molecule has 0 fully saturated rings. The van der Waals surface area contributed by atoms with Gasteiger partial charge in [0.15, 0.2) is 12.4 Å². The first-order valence-electron chi connectivity index (χ1n) is 22.4. The lowest BCUT2D eigenvalue weighted by Crippen LogP contribution is -2.75. The Labute approximate surface area is 434 Å². The number of ether oxygens (including phenoxy) is 1. The Morgan fingerprint density at radius 1 is 0.400 bits per heavy atom. The summed E-state index contributed by atoms with van der Waals surface area (Å²) in [5.74, 6) is 0.872. The minimum absolute atomic E-state index is 0.0846. The molecule has 428 valence electrons. The monoisotopic (exact) mass is 1170 g/mol. The van der Waals surface area contributed by atoms with Gasteiger partial charge in [-0.15, -0.1) is 0 Å². The van der Waals surface area contributed by atoms with Crippen molar-refractivity contribution in [3.63, 3.8) is 0 Å². The molecule has 28 heteroatoms. The first kappa shape index (κ1) is 61.8. The van der Waals surface area contributed by atoms with Crippen molar-refractivity contribution < 1.29 is 119 Å². The number of rotatable bonds is 9. The molecule has 0 atom stereocenters. The van der Waals surface area contributed by atoms with Crippen molar-refractivity contribution in [2.45, 2.75) is 75.9 Å². The lowest BCUT2D eigenvalue weighted by molar-refractivity contribution is -0.681. The fraction of sp³-hybridized carbons (Fsp3) is 0.231. The van der Waals surface area contributed by atoms with Crippen LogP contribution >= 0.6 is 0 Å². The second kappa shape index (κ2) is 21.6. The zero-order chi connectivity index (χ0) is 60.1. The second-order valence-electron chi connectivity index (χ2n) is 18.1. The van der Waals surface area contributed by atoms with E-state index in [-0.39, 0.29) is 11.9 Å². The van der Waals surface area contributed by atoms with Crippen molar-refractivity contribution in [2.75, 3.05) is 0 Å². The third kappa shape index (κ3) is 14.3. The number of pyridine rings is 1. The average molecular weight is 1170 g/mol. The molecule has 6 aromatic carbocycles. The molecule has 0 unspecified atom stereocenters. The van der Waals surface area contributed by atoms with E-state index in [1.165, 1.54) is 5.39 Å². The molecule has 0 N–H and O–H groups in total. The summed E-state index contributed by atoms with van der Waals surface area (Å²) in [4.78, 5) is 12.4. The Balaban J connectivity index is 0.000000370. The molecule has 0 saturated heterocycles. The first-order chi connectivity index (χ1) is 36.4. The van der Waals surface area contributed by atoms with Crippen molar-refractivity contribution in [2.24, 2.45) is 0 Å². The molecular weight excluding hydrogens is 1140 g/mol. The minimum atomic E-state index is -6.13. The van der Waals surface area contributed by atoms with Crippen molar-refractivity contribution in [3.05, 3.63) is 190 Å². The zero-order valence-electron chi connectivity index (χ0n) is 40.0. The van der Waals surface area contributed by atoms with E-state index in [1.807, 2.05) is 79.3 Å². The number of nitrogens with zero attached hydrogens (tertiary/aromatic N) is 1. The van der Waals surface area contributed by atoms with Crippen LogP contribution < -0.4 is 31.2 Å². The molecule has 0 amide bonds. The molecule has 7 rings (SSSR count). The van der Waals surface area contributed by atoms with Gasteiger partial charge in [-0.1, -0.05) is 66.7 Å². The number of alkyl halides is 24. The number of benzene rings is 6. The Morgan fingerprint density at radius 3 is 0.938 bits per heavy atom. The van der Waals surface area contributed by atoms with Crippen molar-refractivity contribution in [3.8, 4) is 5.75 Å². The molecule has 0 radical (unpaired) electrons. The Bertz CT molecular complexity index is 2940. The summed E-state index contributed by atoms with van der Waals surface area (Å²) in [6.07, 6.45) is -50.7. The number of Topliss-reactive ketones (excluding diaryl/α,β-unsaturated/α-hetero) is 1. The third-order valence-electron chi connectivity index (χ3n) is 12.1. The van der Waals surface area contributed by atoms with E-state index in [9.17, 15) is 110 Å².